The fourth-order valence-corrected chi connectivity index (χ4v) is 2.92. The van der Waals surface area contributed by atoms with Crippen LogP contribution in [0.5, 0.6) is 0 Å². The summed E-state index contributed by atoms with van der Waals surface area (Å²) in [5.41, 5.74) is 2.52. The van der Waals surface area contributed by atoms with Crippen molar-refractivity contribution in [3.05, 3.63) is 38.9 Å². The Balaban J connectivity index is 2.68. The van der Waals surface area contributed by atoms with E-state index in [1.54, 1.807) is 14.0 Å². The van der Waals surface area contributed by atoms with E-state index in [0.717, 1.165) is 22.4 Å². The summed E-state index contributed by atoms with van der Waals surface area (Å²) in [6.07, 6.45) is 0. The minimum absolute atomic E-state index is 0.206. The Labute approximate surface area is 106 Å². The van der Waals surface area contributed by atoms with Crippen molar-refractivity contribution in [1.82, 2.24) is 0 Å². The number of carbonyl (C=O) groups excluding carboxylic acids is 1. The van der Waals surface area contributed by atoms with E-state index in [1.165, 1.54) is 4.90 Å². The molecule has 1 amide bonds. The third-order valence-corrected chi connectivity index (χ3v) is 3.59. The maximum absolute atomic E-state index is 12.3. The molecule has 1 aliphatic heterocycles. The first-order valence-electron chi connectivity index (χ1n) is 5.79. The summed E-state index contributed by atoms with van der Waals surface area (Å²) in [7, 11) is 1.67. The number of hydrogen-bond acceptors (Lipinski definition) is 3. The first-order chi connectivity index (χ1) is 8.27. The van der Waals surface area contributed by atoms with Crippen LogP contribution in [0.25, 0.3) is 0 Å². The first kappa shape index (κ1) is 12.5. The SMILES string of the molecule is Cc1cc(C)c2c(c1)N(C)C(=O)[C@]2(C)C[N+](=O)[O-]. The van der Waals surface area contributed by atoms with Gasteiger partial charge in [-0.15, -0.1) is 0 Å². The average molecular weight is 248 g/mol. The zero-order valence-electron chi connectivity index (χ0n) is 11.0. The van der Waals surface area contributed by atoms with Crippen LogP contribution in [0, 0.1) is 24.0 Å². The monoisotopic (exact) mass is 248 g/mol. The standard InChI is InChI=1S/C13H16N2O3/c1-8-5-9(2)11-10(6-8)14(4)12(16)13(11,3)7-15(17)18/h5-6H,7H2,1-4H3/t13-/m1/s1. The molecule has 1 aromatic rings. The number of anilines is 1. The lowest BCUT2D eigenvalue weighted by Gasteiger charge is -2.19. The van der Waals surface area contributed by atoms with Gasteiger partial charge < -0.3 is 4.90 Å². The molecule has 5 nitrogen and oxygen atoms in total. The van der Waals surface area contributed by atoms with Crippen molar-refractivity contribution in [3.63, 3.8) is 0 Å². The summed E-state index contributed by atoms with van der Waals surface area (Å²) in [5, 5.41) is 10.8. The number of fused-ring (bicyclic) bond motifs is 1. The number of nitrogens with zero attached hydrogens (tertiary/aromatic N) is 2. The number of benzene rings is 1. The van der Waals surface area contributed by atoms with E-state index in [-0.39, 0.29) is 12.5 Å². The highest BCUT2D eigenvalue weighted by Gasteiger charge is 2.50. The van der Waals surface area contributed by atoms with Gasteiger partial charge in [-0.2, -0.15) is 0 Å². The summed E-state index contributed by atoms with van der Waals surface area (Å²) < 4.78 is 0. The number of amides is 1. The van der Waals surface area contributed by atoms with E-state index in [0.29, 0.717) is 0 Å². The zero-order valence-corrected chi connectivity index (χ0v) is 11.0. The predicted molar refractivity (Wildman–Crippen MR) is 68.5 cm³/mol. The summed E-state index contributed by atoms with van der Waals surface area (Å²) in [5.74, 6) is -0.206. The molecule has 1 aliphatic rings. The van der Waals surface area contributed by atoms with Crippen LogP contribution in [0.1, 0.15) is 23.6 Å². The molecule has 0 radical (unpaired) electrons. The minimum atomic E-state index is -1.05. The van der Waals surface area contributed by atoms with Crippen LogP contribution in [0.15, 0.2) is 12.1 Å². The van der Waals surface area contributed by atoms with Crippen molar-refractivity contribution in [2.75, 3.05) is 18.5 Å². The van der Waals surface area contributed by atoms with Crippen molar-refractivity contribution in [3.8, 4) is 0 Å². The number of likely N-dealkylation sites (N-methyl/N-ethyl adjacent to an activating group) is 1. The van der Waals surface area contributed by atoms with Gasteiger partial charge in [-0.3, -0.25) is 14.9 Å². The summed E-state index contributed by atoms with van der Waals surface area (Å²) in [6, 6.07) is 3.87. The molecule has 18 heavy (non-hydrogen) atoms. The molecule has 0 aliphatic carbocycles. The molecule has 0 N–H and O–H groups in total. The number of carbonyl (C=O) groups is 1. The van der Waals surface area contributed by atoms with E-state index in [1.807, 2.05) is 26.0 Å². The number of hydrogen-bond donors (Lipinski definition) is 0. The van der Waals surface area contributed by atoms with Crippen molar-refractivity contribution < 1.29 is 9.72 Å². The summed E-state index contributed by atoms with van der Waals surface area (Å²) in [6.45, 7) is 5.14. The largest absolute Gasteiger partial charge is 0.314 e. The molecule has 0 fully saturated rings. The maximum atomic E-state index is 12.3. The van der Waals surface area contributed by atoms with Crippen molar-refractivity contribution >= 4 is 11.6 Å². The Morgan fingerprint density at radius 3 is 2.56 bits per heavy atom. The highest BCUT2D eigenvalue weighted by atomic mass is 16.6. The van der Waals surface area contributed by atoms with Gasteiger partial charge in [0.05, 0.1) is 0 Å². The van der Waals surface area contributed by atoms with Crippen molar-refractivity contribution in [2.45, 2.75) is 26.2 Å². The summed E-state index contributed by atoms with van der Waals surface area (Å²) in [4.78, 5) is 24.3. The second-order valence-electron chi connectivity index (χ2n) is 5.16. The lowest BCUT2D eigenvalue weighted by atomic mass is 9.81. The molecule has 5 heteroatoms. The Morgan fingerprint density at radius 1 is 1.39 bits per heavy atom. The minimum Gasteiger partial charge on any atom is -0.314 e. The van der Waals surface area contributed by atoms with Crippen LogP contribution in [-0.4, -0.2) is 24.4 Å². The van der Waals surface area contributed by atoms with E-state index in [9.17, 15) is 14.9 Å². The van der Waals surface area contributed by atoms with Gasteiger partial charge in [0.1, 0.15) is 5.41 Å². The maximum Gasteiger partial charge on any atom is 0.243 e. The fraction of sp³-hybridized carbons (Fsp3) is 0.462. The van der Waals surface area contributed by atoms with Crippen LogP contribution in [0.4, 0.5) is 5.69 Å². The molecular weight excluding hydrogens is 232 g/mol. The van der Waals surface area contributed by atoms with Gasteiger partial charge in [-0.05, 0) is 38.0 Å². The predicted octanol–water partition coefficient (Wildman–Crippen LogP) is 1.81. The highest BCUT2D eigenvalue weighted by molar-refractivity contribution is 6.08. The van der Waals surface area contributed by atoms with Crippen LogP contribution < -0.4 is 4.90 Å². The quantitative estimate of drug-likeness (QED) is 0.592. The lowest BCUT2D eigenvalue weighted by molar-refractivity contribution is -0.487. The normalized spacial score (nSPS) is 22.2. The highest BCUT2D eigenvalue weighted by Crippen LogP contribution is 2.43. The molecule has 96 valence electrons. The van der Waals surface area contributed by atoms with Crippen LogP contribution in [-0.2, 0) is 10.2 Å². The van der Waals surface area contributed by atoms with Crippen molar-refractivity contribution in [2.24, 2.45) is 0 Å². The van der Waals surface area contributed by atoms with Gasteiger partial charge >= 0.3 is 0 Å². The Hall–Kier alpha value is -1.91. The first-order valence-corrected chi connectivity index (χ1v) is 5.79. The van der Waals surface area contributed by atoms with E-state index in [2.05, 4.69) is 0 Å². The Kier molecular flexibility index (Phi) is 2.65. The molecular formula is C13H16N2O3. The van der Waals surface area contributed by atoms with Gasteiger partial charge in [-0.1, -0.05) is 6.07 Å². The molecule has 0 saturated heterocycles. The molecule has 0 unspecified atom stereocenters. The molecule has 1 atom stereocenters. The third kappa shape index (κ3) is 1.58. The van der Waals surface area contributed by atoms with Gasteiger partial charge in [0.2, 0.25) is 12.5 Å². The number of rotatable bonds is 2. The molecule has 0 bridgehead atoms. The Bertz CT molecular complexity index is 553. The topological polar surface area (TPSA) is 63.5 Å². The van der Waals surface area contributed by atoms with Gasteiger partial charge in [0.15, 0.2) is 0 Å². The zero-order chi connectivity index (χ0) is 13.7. The average Bonchev–Trinajstić information content (AvgIpc) is 2.40. The number of nitro groups is 1. The van der Waals surface area contributed by atoms with E-state index in [4.69, 9.17) is 0 Å². The van der Waals surface area contributed by atoms with E-state index < -0.39 is 10.3 Å². The van der Waals surface area contributed by atoms with Gasteiger partial charge in [0, 0.05) is 23.2 Å². The lowest BCUT2D eigenvalue weighted by Crippen LogP contribution is -2.41. The molecule has 0 saturated carbocycles. The van der Waals surface area contributed by atoms with Crippen LogP contribution in [0.2, 0.25) is 0 Å². The molecule has 1 aromatic carbocycles. The van der Waals surface area contributed by atoms with Gasteiger partial charge in [-0.25, -0.2) is 0 Å². The second kappa shape index (κ2) is 3.80. The van der Waals surface area contributed by atoms with Crippen LogP contribution in [0.3, 0.4) is 0 Å². The smallest absolute Gasteiger partial charge is 0.243 e. The molecule has 0 aromatic heterocycles. The number of aryl methyl sites for hydroxylation is 2. The van der Waals surface area contributed by atoms with Crippen molar-refractivity contribution in [1.29, 1.82) is 0 Å². The fourth-order valence-electron chi connectivity index (χ4n) is 2.92. The van der Waals surface area contributed by atoms with Gasteiger partial charge in [0.25, 0.3) is 0 Å². The molecule has 0 spiro atoms. The Morgan fingerprint density at radius 2 is 2.00 bits per heavy atom. The van der Waals surface area contributed by atoms with Crippen LogP contribution >= 0.6 is 0 Å². The summed E-state index contributed by atoms with van der Waals surface area (Å²) >= 11 is 0. The van der Waals surface area contributed by atoms with E-state index >= 15 is 0 Å². The second-order valence-corrected chi connectivity index (χ2v) is 5.16. The third-order valence-electron chi connectivity index (χ3n) is 3.59. The molecule has 1 heterocycles. The molecule has 2 rings (SSSR count).